The zero-order valence-corrected chi connectivity index (χ0v) is 17.6. The first-order valence-electron chi connectivity index (χ1n) is 10.2. The van der Waals surface area contributed by atoms with Gasteiger partial charge < -0.3 is 14.6 Å². The topological polar surface area (TPSA) is 71.1 Å². The zero-order valence-electron chi connectivity index (χ0n) is 16.4. The number of imidazole rings is 1. The molecule has 5 rings (SSSR count). The number of nitrogens with zero attached hydrogens (tertiary/aromatic N) is 3. The van der Waals surface area contributed by atoms with Crippen molar-refractivity contribution in [3.8, 4) is 5.88 Å². The van der Waals surface area contributed by atoms with Gasteiger partial charge in [-0.15, -0.1) is 9.24 Å². The van der Waals surface area contributed by atoms with Crippen LogP contribution in [0.25, 0.3) is 11.0 Å². The third kappa shape index (κ3) is 3.51. The third-order valence-corrected chi connectivity index (χ3v) is 6.21. The highest BCUT2D eigenvalue weighted by molar-refractivity contribution is 7.17. The molecule has 1 N–H and O–H groups in total. The Kier molecular flexibility index (Phi) is 4.75. The van der Waals surface area contributed by atoms with Gasteiger partial charge in [-0.1, -0.05) is 13.0 Å². The molecule has 2 aromatic heterocycles. The lowest BCUT2D eigenvalue weighted by Crippen LogP contribution is -2.56. The number of aromatic nitrogens is 3. The molecule has 4 atom stereocenters. The van der Waals surface area contributed by atoms with Gasteiger partial charge >= 0.3 is 0 Å². The van der Waals surface area contributed by atoms with Gasteiger partial charge in [0.05, 0.1) is 35.9 Å². The van der Waals surface area contributed by atoms with Crippen LogP contribution in [0.5, 0.6) is 5.88 Å². The molecule has 1 saturated heterocycles. The van der Waals surface area contributed by atoms with Crippen LogP contribution in [-0.2, 0) is 4.79 Å². The predicted molar refractivity (Wildman–Crippen MR) is 116 cm³/mol. The Labute approximate surface area is 172 Å². The van der Waals surface area contributed by atoms with Crippen LogP contribution in [-0.4, -0.2) is 33.1 Å². The van der Waals surface area contributed by atoms with E-state index in [1.807, 2.05) is 35.4 Å². The van der Waals surface area contributed by atoms with Crippen molar-refractivity contribution in [3.63, 3.8) is 0 Å². The van der Waals surface area contributed by atoms with Gasteiger partial charge in [-0.25, -0.2) is 9.97 Å². The van der Waals surface area contributed by atoms with Gasteiger partial charge in [0.1, 0.15) is 0 Å². The summed E-state index contributed by atoms with van der Waals surface area (Å²) >= 11 is 0. The maximum absolute atomic E-state index is 13.0. The van der Waals surface area contributed by atoms with Crippen LogP contribution >= 0.6 is 9.24 Å². The van der Waals surface area contributed by atoms with Crippen LogP contribution < -0.4 is 9.64 Å². The number of hydrogen-bond donors (Lipinski definition) is 1. The first kappa shape index (κ1) is 18.6. The van der Waals surface area contributed by atoms with Crippen molar-refractivity contribution in [2.75, 3.05) is 11.5 Å². The van der Waals surface area contributed by atoms with Gasteiger partial charge in [0, 0.05) is 18.0 Å². The third-order valence-electron chi connectivity index (χ3n) is 5.88. The van der Waals surface area contributed by atoms with Crippen molar-refractivity contribution < 1.29 is 9.53 Å². The standard InChI is InChI=1S/C22H25N4O2P/c1-13(29)8-9-28-19-7-4-15(11-23-19)21-20(14-2-3-14)22(27)26(21)16-5-6-17-18(10-16)25-12-24-17/h4-7,10-14,20-21H,2-3,8-9,29H2,1H3,(H,24,25)/t13?,20?,21-/m1/s1. The van der Waals surface area contributed by atoms with Gasteiger partial charge in [-0.2, -0.15) is 0 Å². The Morgan fingerprint density at radius 1 is 1.28 bits per heavy atom. The number of ether oxygens (including phenoxy) is 1. The molecular weight excluding hydrogens is 383 g/mol. The molecule has 29 heavy (non-hydrogen) atoms. The van der Waals surface area contributed by atoms with E-state index in [1.165, 1.54) is 0 Å². The second-order valence-electron chi connectivity index (χ2n) is 8.16. The van der Waals surface area contributed by atoms with Crippen LogP contribution in [0, 0.1) is 11.8 Å². The van der Waals surface area contributed by atoms with Gasteiger partial charge in [-0.3, -0.25) is 4.79 Å². The average Bonchev–Trinajstić information content (AvgIpc) is 3.41. The van der Waals surface area contributed by atoms with E-state index in [1.54, 1.807) is 6.33 Å². The molecule has 6 nitrogen and oxygen atoms in total. The summed E-state index contributed by atoms with van der Waals surface area (Å²) in [5.74, 6) is 1.40. The molecule has 150 valence electrons. The fraction of sp³-hybridized carbons (Fsp3) is 0.409. The number of nitrogens with one attached hydrogen (secondary N) is 1. The summed E-state index contributed by atoms with van der Waals surface area (Å²) in [7, 11) is 2.78. The van der Waals surface area contributed by atoms with Crippen molar-refractivity contribution in [2.45, 2.75) is 37.9 Å². The number of carbonyl (C=O) groups excluding carboxylic acids is 1. The van der Waals surface area contributed by atoms with Crippen LogP contribution in [0.2, 0.25) is 0 Å². The monoisotopic (exact) mass is 408 g/mol. The second-order valence-corrected chi connectivity index (χ2v) is 9.30. The summed E-state index contributed by atoms with van der Waals surface area (Å²) in [6.07, 6.45) is 6.80. The Morgan fingerprint density at radius 3 is 2.86 bits per heavy atom. The van der Waals surface area contributed by atoms with Gasteiger partial charge in [0.25, 0.3) is 0 Å². The zero-order chi connectivity index (χ0) is 20.0. The molecular formula is C22H25N4O2P. The fourth-order valence-corrected chi connectivity index (χ4v) is 4.28. The summed E-state index contributed by atoms with van der Waals surface area (Å²) in [5, 5.41) is 0. The number of carbonyl (C=O) groups is 1. The predicted octanol–water partition coefficient (Wildman–Crippen LogP) is 4.10. The van der Waals surface area contributed by atoms with Crippen molar-refractivity contribution in [1.29, 1.82) is 0 Å². The first-order chi connectivity index (χ1) is 14.1. The smallest absolute Gasteiger partial charge is 0.233 e. The SMILES string of the molecule is CC(P)CCOc1ccc([C@@H]2C(C3CC3)C(=O)N2c2ccc3[nH]cnc3c2)cn1. The summed E-state index contributed by atoms with van der Waals surface area (Å²) in [5.41, 5.74) is 4.32. The van der Waals surface area contributed by atoms with E-state index in [2.05, 4.69) is 37.2 Å². The lowest BCUT2D eigenvalue weighted by Gasteiger charge is -2.47. The fourth-order valence-electron chi connectivity index (χ4n) is 4.14. The Bertz CT molecular complexity index is 1030. The number of rotatable bonds is 7. The number of pyridine rings is 1. The summed E-state index contributed by atoms with van der Waals surface area (Å²) in [6, 6.07) is 9.95. The van der Waals surface area contributed by atoms with Crippen molar-refractivity contribution in [3.05, 3.63) is 48.4 Å². The van der Waals surface area contributed by atoms with E-state index in [0.717, 1.165) is 41.5 Å². The first-order valence-corrected chi connectivity index (χ1v) is 10.9. The number of fused-ring (bicyclic) bond motifs is 1. The number of benzene rings is 1. The van der Waals surface area contributed by atoms with Crippen LogP contribution in [0.3, 0.4) is 0 Å². The maximum Gasteiger partial charge on any atom is 0.233 e. The number of aromatic amines is 1. The molecule has 3 heterocycles. The van der Waals surface area contributed by atoms with Crippen molar-refractivity contribution in [2.24, 2.45) is 11.8 Å². The number of H-pyrrole nitrogens is 1. The van der Waals surface area contributed by atoms with Crippen LogP contribution in [0.15, 0.2) is 42.9 Å². The minimum absolute atomic E-state index is 0.0278. The molecule has 2 fully saturated rings. The molecule has 0 bridgehead atoms. The van der Waals surface area contributed by atoms with E-state index in [9.17, 15) is 4.79 Å². The van der Waals surface area contributed by atoms with E-state index in [0.29, 0.717) is 24.1 Å². The second kappa shape index (κ2) is 7.42. The highest BCUT2D eigenvalue weighted by atomic mass is 31.0. The average molecular weight is 408 g/mol. The molecule has 3 aromatic rings. The molecule has 0 spiro atoms. The molecule has 1 aromatic carbocycles. The lowest BCUT2D eigenvalue weighted by atomic mass is 9.79. The molecule has 3 unspecified atom stereocenters. The molecule has 1 aliphatic heterocycles. The number of amides is 1. The summed E-state index contributed by atoms with van der Waals surface area (Å²) in [6.45, 7) is 2.80. The molecule has 1 amide bonds. The maximum atomic E-state index is 13.0. The Morgan fingerprint density at radius 2 is 2.14 bits per heavy atom. The van der Waals surface area contributed by atoms with E-state index >= 15 is 0 Å². The highest BCUT2D eigenvalue weighted by Gasteiger charge is 2.55. The van der Waals surface area contributed by atoms with Crippen molar-refractivity contribution in [1.82, 2.24) is 15.0 Å². The van der Waals surface area contributed by atoms with Gasteiger partial charge in [0.2, 0.25) is 11.8 Å². The van der Waals surface area contributed by atoms with Crippen LogP contribution in [0.4, 0.5) is 5.69 Å². The summed E-state index contributed by atoms with van der Waals surface area (Å²) in [4.78, 5) is 26.9. The molecule has 2 aliphatic rings. The van der Waals surface area contributed by atoms with Gasteiger partial charge in [0.15, 0.2) is 0 Å². The molecule has 1 saturated carbocycles. The largest absolute Gasteiger partial charge is 0.478 e. The van der Waals surface area contributed by atoms with E-state index in [4.69, 9.17) is 4.74 Å². The lowest BCUT2D eigenvalue weighted by molar-refractivity contribution is -0.131. The minimum Gasteiger partial charge on any atom is -0.478 e. The molecule has 0 radical (unpaired) electrons. The normalized spacial score (nSPS) is 22.6. The van der Waals surface area contributed by atoms with Gasteiger partial charge in [-0.05, 0) is 54.6 Å². The number of β-lactam (4-membered cyclic amide) rings is 1. The van der Waals surface area contributed by atoms with E-state index in [-0.39, 0.29) is 17.9 Å². The van der Waals surface area contributed by atoms with Crippen molar-refractivity contribution >= 4 is 31.9 Å². The Balaban J connectivity index is 1.40. The molecule has 1 aliphatic carbocycles. The highest BCUT2D eigenvalue weighted by Crippen LogP contribution is 2.53. The van der Waals surface area contributed by atoms with E-state index < -0.39 is 0 Å². The molecule has 7 heteroatoms. The Hall–Kier alpha value is -2.46. The summed E-state index contributed by atoms with van der Waals surface area (Å²) < 4.78 is 5.75. The minimum atomic E-state index is 0.0278. The van der Waals surface area contributed by atoms with Crippen LogP contribution in [0.1, 0.15) is 37.8 Å². The number of anilines is 1. The number of hydrogen-bond acceptors (Lipinski definition) is 4. The quantitative estimate of drug-likeness (QED) is 0.472.